The van der Waals surface area contributed by atoms with Crippen LogP contribution in [-0.4, -0.2) is 34.2 Å². The first-order valence-electron chi connectivity index (χ1n) is 9.56. The number of allylic oxidation sites excluding steroid dienone is 1. The molecule has 0 aromatic heterocycles. The van der Waals surface area contributed by atoms with Crippen molar-refractivity contribution >= 4 is 12.3 Å². The van der Waals surface area contributed by atoms with Crippen LogP contribution in [0.25, 0.3) is 0 Å². The molecule has 2 aliphatic rings. The number of aliphatic hydroxyl groups is 1. The highest BCUT2D eigenvalue weighted by molar-refractivity contribution is 5.89. The normalized spacial score (nSPS) is 33.1. The monoisotopic (exact) mass is 372 g/mol. The van der Waals surface area contributed by atoms with E-state index in [1.165, 1.54) is 24.3 Å². The number of esters is 1. The fraction of sp³-hybridized carbons (Fsp3) is 0.545. The third-order valence-corrected chi connectivity index (χ3v) is 6.54. The van der Waals surface area contributed by atoms with Crippen LogP contribution in [0.5, 0.6) is 5.75 Å². The molecular weight excluding hydrogens is 344 g/mol. The number of aromatic hydroxyl groups is 1. The number of carbonyl (C=O) groups excluding carboxylic acids is 2. The van der Waals surface area contributed by atoms with E-state index in [0.717, 1.165) is 12.7 Å². The maximum Gasteiger partial charge on any atom is 0.338 e. The number of ether oxygens (including phenoxy) is 1. The van der Waals surface area contributed by atoms with Crippen LogP contribution in [0.15, 0.2) is 35.9 Å². The van der Waals surface area contributed by atoms with Gasteiger partial charge < -0.3 is 14.9 Å². The van der Waals surface area contributed by atoms with E-state index in [2.05, 4.69) is 6.92 Å². The van der Waals surface area contributed by atoms with Crippen LogP contribution in [0.4, 0.5) is 0 Å². The molecule has 1 aromatic carbocycles. The Kier molecular flexibility index (Phi) is 5.17. The number of aldehydes is 1. The van der Waals surface area contributed by atoms with Crippen molar-refractivity contribution in [2.24, 2.45) is 17.3 Å². The zero-order chi connectivity index (χ0) is 19.8. The Balaban J connectivity index is 1.95. The van der Waals surface area contributed by atoms with E-state index in [1.807, 2.05) is 19.9 Å². The van der Waals surface area contributed by atoms with Crippen LogP contribution < -0.4 is 0 Å². The van der Waals surface area contributed by atoms with Crippen LogP contribution >= 0.6 is 0 Å². The molecule has 146 valence electrons. The number of carbonyl (C=O) groups is 2. The van der Waals surface area contributed by atoms with Crippen molar-refractivity contribution in [3.63, 3.8) is 0 Å². The van der Waals surface area contributed by atoms with Crippen molar-refractivity contribution in [2.75, 3.05) is 0 Å². The summed E-state index contributed by atoms with van der Waals surface area (Å²) in [5.41, 5.74) is -0.230. The average Bonchev–Trinajstić information content (AvgIpc) is 2.82. The summed E-state index contributed by atoms with van der Waals surface area (Å²) in [5.74, 6) is -0.672. The number of hydrogen-bond donors (Lipinski definition) is 2. The first-order valence-corrected chi connectivity index (χ1v) is 9.56. The third kappa shape index (κ3) is 3.53. The Morgan fingerprint density at radius 2 is 1.93 bits per heavy atom. The molecule has 3 rings (SSSR count). The Morgan fingerprint density at radius 1 is 1.26 bits per heavy atom. The minimum absolute atomic E-state index is 0.0111. The van der Waals surface area contributed by atoms with Gasteiger partial charge in [-0.05, 0) is 60.4 Å². The summed E-state index contributed by atoms with van der Waals surface area (Å²) in [6.07, 6.45) is 4.65. The largest absolute Gasteiger partial charge is 0.508 e. The van der Waals surface area contributed by atoms with E-state index in [0.29, 0.717) is 30.4 Å². The lowest BCUT2D eigenvalue weighted by Crippen LogP contribution is -2.50. The molecule has 0 radical (unpaired) electrons. The molecular formula is C22H28O5. The highest BCUT2D eigenvalue weighted by atomic mass is 16.5. The van der Waals surface area contributed by atoms with E-state index in [9.17, 15) is 19.8 Å². The van der Waals surface area contributed by atoms with E-state index in [4.69, 9.17) is 4.74 Å². The molecule has 1 aromatic rings. The van der Waals surface area contributed by atoms with Gasteiger partial charge in [0, 0.05) is 12.3 Å². The predicted octanol–water partition coefficient (Wildman–Crippen LogP) is 3.64. The number of phenols is 1. The van der Waals surface area contributed by atoms with Gasteiger partial charge in [-0.25, -0.2) is 4.79 Å². The smallest absolute Gasteiger partial charge is 0.338 e. The quantitative estimate of drug-likeness (QED) is 0.623. The zero-order valence-electron chi connectivity index (χ0n) is 16.1. The molecule has 5 heteroatoms. The van der Waals surface area contributed by atoms with Gasteiger partial charge in [0.2, 0.25) is 0 Å². The Bertz CT molecular complexity index is 750. The molecule has 27 heavy (non-hydrogen) atoms. The predicted molar refractivity (Wildman–Crippen MR) is 101 cm³/mol. The van der Waals surface area contributed by atoms with Crippen molar-refractivity contribution in [1.29, 1.82) is 0 Å². The fourth-order valence-electron chi connectivity index (χ4n) is 4.85. The summed E-state index contributed by atoms with van der Waals surface area (Å²) < 4.78 is 5.87. The van der Waals surface area contributed by atoms with Gasteiger partial charge in [-0.2, -0.15) is 0 Å². The molecule has 2 aliphatic carbocycles. The second-order valence-electron chi connectivity index (χ2n) is 8.57. The molecule has 0 saturated heterocycles. The second-order valence-corrected chi connectivity index (χ2v) is 8.57. The van der Waals surface area contributed by atoms with Crippen molar-refractivity contribution < 1.29 is 24.5 Å². The van der Waals surface area contributed by atoms with Crippen LogP contribution in [0, 0.1) is 17.3 Å². The van der Waals surface area contributed by atoms with E-state index >= 15 is 0 Å². The summed E-state index contributed by atoms with van der Waals surface area (Å²) in [6, 6.07) is 5.88. The molecule has 0 heterocycles. The van der Waals surface area contributed by atoms with Gasteiger partial charge in [0.1, 0.15) is 18.1 Å². The maximum atomic E-state index is 12.7. The summed E-state index contributed by atoms with van der Waals surface area (Å²) >= 11 is 0. The van der Waals surface area contributed by atoms with Gasteiger partial charge >= 0.3 is 5.97 Å². The highest BCUT2D eigenvalue weighted by Crippen LogP contribution is 2.58. The summed E-state index contributed by atoms with van der Waals surface area (Å²) in [4.78, 5) is 24.2. The van der Waals surface area contributed by atoms with Gasteiger partial charge in [0.15, 0.2) is 0 Å². The summed E-state index contributed by atoms with van der Waals surface area (Å²) in [7, 11) is 0. The van der Waals surface area contributed by atoms with Crippen LogP contribution in [0.1, 0.15) is 56.8 Å². The van der Waals surface area contributed by atoms with Crippen molar-refractivity contribution in [3.05, 3.63) is 41.5 Å². The van der Waals surface area contributed by atoms with Crippen LogP contribution in [0.3, 0.4) is 0 Å². The molecule has 0 spiro atoms. The van der Waals surface area contributed by atoms with Crippen molar-refractivity contribution in [1.82, 2.24) is 0 Å². The molecule has 0 bridgehead atoms. The first kappa shape index (κ1) is 19.6. The lowest BCUT2D eigenvalue weighted by Gasteiger charge is -2.43. The van der Waals surface area contributed by atoms with Crippen molar-refractivity contribution in [3.8, 4) is 5.75 Å². The average molecular weight is 372 g/mol. The second kappa shape index (κ2) is 7.12. The molecule has 2 N–H and O–H groups in total. The molecule has 1 fully saturated rings. The van der Waals surface area contributed by atoms with Gasteiger partial charge in [-0.1, -0.05) is 26.8 Å². The standard InChI is InChI=1S/C22H28O5/c1-14(2)22(26)11-10-21(3)9-8-15(13-23)12-18(19(21)22)27-20(25)16-4-6-17(24)7-5-16/h4-8,13-14,18-19,24,26H,9-12H2,1-3H3. The molecule has 0 amide bonds. The number of phenolic OH excluding ortho intramolecular Hbond substituents is 1. The minimum atomic E-state index is -0.944. The molecule has 5 nitrogen and oxygen atoms in total. The van der Waals surface area contributed by atoms with Gasteiger partial charge in [-0.15, -0.1) is 0 Å². The molecule has 4 atom stereocenters. The zero-order valence-corrected chi connectivity index (χ0v) is 16.1. The van der Waals surface area contributed by atoms with Crippen LogP contribution in [0.2, 0.25) is 0 Å². The Labute approximate surface area is 160 Å². The summed E-state index contributed by atoms with van der Waals surface area (Å²) in [6.45, 7) is 6.09. The number of benzene rings is 1. The van der Waals surface area contributed by atoms with E-state index in [1.54, 1.807) is 0 Å². The minimum Gasteiger partial charge on any atom is -0.508 e. The SMILES string of the molecule is CC(C)C1(O)CCC2(C)CC=C(C=O)CC(OC(=O)c3ccc(O)cc3)C21. The van der Waals surface area contributed by atoms with Gasteiger partial charge in [0.25, 0.3) is 0 Å². The third-order valence-electron chi connectivity index (χ3n) is 6.54. The Hall–Kier alpha value is -2.14. The van der Waals surface area contributed by atoms with Crippen molar-refractivity contribution in [2.45, 2.75) is 58.2 Å². The number of rotatable bonds is 4. The van der Waals surface area contributed by atoms with Gasteiger partial charge in [-0.3, -0.25) is 4.79 Å². The fourth-order valence-corrected chi connectivity index (χ4v) is 4.85. The molecule has 4 unspecified atom stereocenters. The molecule has 1 saturated carbocycles. The Morgan fingerprint density at radius 3 is 2.52 bits per heavy atom. The first-order chi connectivity index (χ1) is 12.7. The van der Waals surface area contributed by atoms with Crippen LogP contribution in [-0.2, 0) is 9.53 Å². The maximum absolute atomic E-state index is 12.7. The highest BCUT2D eigenvalue weighted by Gasteiger charge is 2.59. The topological polar surface area (TPSA) is 83.8 Å². The number of fused-ring (bicyclic) bond motifs is 1. The summed E-state index contributed by atoms with van der Waals surface area (Å²) in [5, 5.41) is 20.9. The molecule has 0 aliphatic heterocycles. The van der Waals surface area contributed by atoms with Gasteiger partial charge in [0.05, 0.1) is 11.2 Å². The van der Waals surface area contributed by atoms with E-state index < -0.39 is 17.7 Å². The van der Waals surface area contributed by atoms with E-state index in [-0.39, 0.29) is 23.0 Å². The lowest BCUT2D eigenvalue weighted by atomic mass is 9.67. The number of hydrogen-bond acceptors (Lipinski definition) is 5. The lowest BCUT2D eigenvalue weighted by molar-refractivity contribution is -0.114.